The summed E-state index contributed by atoms with van der Waals surface area (Å²) >= 11 is 0. The minimum atomic E-state index is -0.678. The summed E-state index contributed by atoms with van der Waals surface area (Å²) in [4.78, 5) is 27.0. The number of carbonyl (C=O) groups excluding carboxylic acids is 1. The standard InChI is InChI=1S/C28H22N4O6/c1-36-18-8-9-20(22(14-18)32(34)35)31-21-5-4-6-23(33)27(21)26(17-7-10-24-25(13-17)38-16-37-24)19(15-29)28(31)30-11-2-3-12-30/h2-3,7-14,26H,4-6,16H2,1H3/t26-/m1/s1. The molecule has 1 aliphatic carbocycles. The molecule has 3 heterocycles. The van der Waals surface area contributed by atoms with Gasteiger partial charge in [0.25, 0.3) is 5.69 Å². The van der Waals surface area contributed by atoms with Gasteiger partial charge in [0.2, 0.25) is 6.79 Å². The Balaban J connectivity index is 1.67. The summed E-state index contributed by atoms with van der Waals surface area (Å²) in [7, 11) is 1.44. The lowest BCUT2D eigenvalue weighted by Gasteiger charge is -2.41. The summed E-state index contributed by atoms with van der Waals surface area (Å²) in [5.74, 6) is 1.13. The van der Waals surface area contributed by atoms with Gasteiger partial charge in [-0.2, -0.15) is 5.26 Å². The number of hydrogen-bond donors (Lipinski definition) is 0. The summed E-state index contributed by atoms with van der Waals surface area (Å²) in [5, 5.41) is 22.8. The SMILES string of the molecule is COc1ccc(N2C3=C(C(=O)CCC3)[C@H](c3ccc4c(c3)OCO4)C(C#N)=C2n2cccc2)c([N+](=O)[O-])c1. The van der Waals surface area contributed by atoms with Crippen molar-refractivity contribution in [1.29, 1.82) is 5.26 Å². The number of carbonyl (C=O) groups is 1. The van der Waals surface area contributed by atoms with E-state index in [1.807, 2.05) is 18.2 Å². The van der Waals surface area contributed by atoms with E-state index in [-0.39, 0.29) is 24.0 Å². The van der Waals surface area contributed by atoms with Gasteiger partial charge >= 0.3 is 0 Å². The number of fused-ring (bicyclic) bond motifs is 1. The van der Waals surface area contributed by atoms with Crippen LogP contribution in [0.5, 0.6) is 17.2 Å². The predicted octanol–water partition coefficient (Wildman–Crippen LogP) is 5.14. The maximum atomic E-state index is 13.6. The van der Waals surface area contributed by atoms with Crippen molar-refractivity contribution in [3.63, 3.8) is 0 Å². The van der Waals surface area contributed by atoms with Gasteiger partial charge < -0.3 is 18.8 Å². The molecule has 38 heavy (non-hydrogen) atoms. The van der Waals surface area contributed by atoms with Gasteiger partial charge in [-0.15, -0.1) is 0 Å². The Kier molecular flexibility index (Phi) is 5.61. The highest BCUT2D eigenvalue weighted by Gasteiger charge is 2.43. The van der Waals surface area contributed by atoms with Crippen LogP contribution in [0.1, 0.15) is 30.7 Å². The molecule has 0 N–H and O–H groups in total. The molecular formula is C28H22N4O6. The van der Waals surface area contributed by atoms with Crippen LogP contribution in [0, 0.1) is 21.4 Å². The van der Waals surface area contributed by atoms with Crippen LogP contribution in [0.25, 0.3) is 5.82 Å². The quantitative estimate of drug-likeness (QED) is 0.342. The second-order valence-electron chi connectivity index (χ2n) is 9.07. The average molecular weight is 511 g/mol. The van der Waals surface area contributed by atoms with E-state index >= 15 is 0 Å². The van der Waals surface area contributed by atoms with Gasteiger partial charge in [-0.25, -0.2) is 0 Å². The summed E-state index contributed by atoms with van der Waals surface area (Å²) < 4.78 is 18.1. The van der Waals surface area contributed by atoms with Crippen LogP contribution in [0.15, 0.2) is 77.8 Å². The number of nitro groups is 1. The lowest BCUT2D eigenvalue weighted by molar-refractivity contribution is -0.384. The first-order valence-electron chi connectivity index (χ1n) is 12.1. The van der Waals surface area contributed by atoms with Crippen molar-refractivity contribution in [1.82, 2.24) is 4.57 Å². The maximum Gasteiger partial charge on any atom is 0.296 e. The van der Waals surface area contributed by atoms with Crippen LogP contribution < -0.4 is 19.1 Å². The Morgan fingerprint density at radius 3 is 2.63 bits per heavy atom. The maximum absolute atomic E-state index is 13.6. The van der Waals surface area contributed by atoms with Crippen molar-refractivity contribution < 1.29 is 23.9 Å². The molecule has 3 aromatic rings. The second kappa shape index (κ2) is 9.12. The van der Waals surface area contributed by atoms with Crippen LogP contribution in [-0.2, 0) is 4.79 Å². The minimum Gasteiger partial charge on any atom is -0.496 e. The molecule has 0 amide bonds. The fourth-order valence-corrected chi connectivity index (χ4v) is 5.42. The fraction of sp³-hybridized carbons (Fsp3) is 0.214. The van der Waals surface area contributed by atoms with E-state index < -0.39 is 10.8 Å². The minimum absolute atomic E-state index is 0.0885. The molecule has 0 unspecified atom stereocenters. The predicted molar refractivity (Wildman–Crippen MR) is 137 cm³/mol. The highest BCUT2D eigenvalue weighted by atomic mass is 16.7. The van der Waals surface area contributed by atoms with Crippen molar-refractivity contribution >= 4 is 23.0 Å². The molecule has 2 aliphatic heterocycles. The van der Waals surface area contributed by atoms with Crippen LogP contribution >= 0.6 is 0 Å². The Labute approximate surface area is 217 Å². The molecule has 10 heteroatoms. The molecule has 0 saturated carbocycles. The molecule has 3 aliphatic rings. The largest absolute Gasteiger partial charge is 0.496 e. The van der Waals surface area contributed by atoms with Gasteiger partial charge in [0.05, 0.1) is 35.7 Å². The van der Waals surface area contributed by atoms with Crippen LogP contribution in [0.4, 0.5) is 11.4 Å². The zero-order valence-electron chi connectivity index (χ0n) is 20.4. The number of ketones is 1. The van der Waals surface area contributed by atoms with Gasteiger partial charge in [-0.05, 0) is 54.8 Å². The van der Waals surface area contributed by atoms with Crippen molar-refractivity contribution in [3.8, 4) is 23.3 Å². The first kappa shape index (κ1) is 23.4. The molecule has 10 nitrogen and oxygen atoms in total. The average Bonchev–Trinajstić information content (AvgIpc) is 3.63. The monoisotopic (exact) mass is 510 g/mol. The third-order valence-corrected chi connectivity index (χ3v) is 7.05. The highest BCUT2D eigenvalue weighted by molar-refractivity contribution is 6.03. The molecule has 0 radical (unpaired) electrons. The molecule has 2 aromatic carbocycles. The molecule has 0 spiro atoms. The number of nitrogens with zero attached hydrogens (tertiary/aromatic N) is 4. The number of allylic oxidation sites excluding steroid dienone is 3. The van der Waals surface area contributed by atoms with E-state index in [1.54, 1.807) is 46.1 Å². The summed E-state index contributed by atoms with van der Waals surface area (Å²) in [5.41, 5.74) is 2.16. The van der Waals surface area contributed by atoms with Crippen molar-refractivity contribution in [2.45, 2.75) is 25.2 Å². The number of rotatable bonds is 5. The van der Waals surface area contributed by atoms with Gasteiger partial charge in [-0.1, -0.05) is 6.07 Å². The Bertz CT molecular complexity index is 1580. The number of nitriles is 1. The Morgan fingerprint density at radius 1 is 1.11 bits per heavy atom. The van der Waals surface area contributed by atoms with Gasteiger partial charge in [0, 0.05) is 30.1 Å². The molecule has 0 bridgehead atoms. The van der Waals surface area contributed by atoms with E-state index in [4.69, 9.17) is 14.2 Å². The lowest BCUT2D eigenvalue weighted by atomic mass is 9.75. The lowest BCUT2D eigenvalue weighted by Crippen LogP contribution is -2.37. The van der Waals surface area contributed by atoms with Crippen LogP contribution in [0.2, 0.25) is 0 Å². The molecule has 1 aromatic heterocycles. The van der Waals surface area contributed by atoms with Crippen molar-refractivity contribution in [3.05, 3.63) is 93.4 Å². The second-order valence-corrected chi connectivity index (χ2v) is 9.07. The normalized spacial score (nSPS) is 18.4. The van der Waals surface area contributed by atoms with Gasteiger partial charge in [0.15, 0.2) is 17.3 Å². The summed E-state index contributed by atoms with van der Waals surface area (Å²) in [6, 6.07) is 16.0. The number of Topliss-reactive ketones (excluding diaryl/α,β-unsaturated/α-hetero) is 1. The highest BCUT2D eigenvalue weighted by Crippen LogP contribution is 2.51. The zero-order chi connectivity index (χ0) is 26.4. The fourth-order valence-electron chi connectivity index (χ4n) is 5.42. The van der Waals surface area contributed by atoms with Gasteiger partial charge in [-0.3, -0.25) is 19.8 Å². The molecular weight excluding hydrogens is 488 g/mol. The van der Waals surface area contributed by atoms with Crippen LogP contribution in [0.3, 0.4) is 0 Å². The zero-order valence-corrected chi connectivity index (χ0v) is 20.4. The molecule has 0 fully saturated rings. The van der Waals surface area contributed by atoms with E-state index in [2.05, 4.69) is 6.07 Å². The van der Waals surface area contributed by atoms with E-state index in [9.17, 15) is 20.2 Å². The smallest absolute Gasteiger partial charge is 0.296 e. The molecule has 6 rings (SSSR count). The van der Waals surface area contributed by atoms with E-state index in [1.165, 1.54) is 13.2 Å². The van der Waals surface area contributed by atoms with Gasteiger partial charge in [0.1, 0.15) is 17.3 Å². The number of nitro benzene ring substituents is 1. The number of aromatic nitrogens is 1. The third kappa shape index (κ3) is 3.59. The number of benzene rings is 2. The molecule has 0 saturated heterocycles. The number of methoxy groups -OCH3 is 1. The number of ether oxygens (including phenoxy) is 3. The van der Waals surface area contributed by atoms with Crippen molar-refractivity contribution in [2.75, 3.05) is 18.8 Å². The first-order chi connectivity index (χ1) is 18.5. The van der Waals surface area contributed by atoms with E-state index in [0.29, 0.717) is 64.7 Å². The van der Waals surface area contributed by atoms with Crippen molar-refractivity contribution in [2.24, 2.45) is 0 Å². The first-order valence-corrected chi connectivity index (χ1v) is 12.1. The van der Waals surface area contributed by atoms with Crippen LogP contribution in [-0.4, -0.2) is 29.2 Å². The summed E-state index contributed by atoms with van der Waals surface area (Å²) in [6.07, 6.45) is 4.99. The Morgan fingerprint density at radius 2 is 1.89 bits per heavy atom. The number of hydrogen-bond acceptors (Lipinski definition) is 8. The third-order valence-electron chi connectivity index (χ3n) is 7.05. The Hall–Kier alpha value is -5.04. The van der Waals surface area contributed by atoms with E-state index in [0.717, 1.165) is 0 Å². The molecule has 1 atom stereocenters. The number of anilines is 1. The summed E-state index contributed by atoms with van der Waals surface area (Å²) in [6.45, 7) is 0.0980. The topological polar surface area (TPSA) is 120 Å². The molecule has 190 valence electrons.